The summed E-state index contributed by atoms with van der Waals surface area (Å²) in [5.41, 5.74) is 0.587. The van der Waals surface area contributed by atoms with E-state index >= 15 is 0 Å². The lowest BCUT2D eigenvalue weighted by Crippen LogP contribution is -2.41. The first kappa shape index (κ1) is 18.7. The predicted octanol–water partition coefficient (Wildman–Crippen LogP) is 3.60. The Bertz CT molecular complexity index is 889. The molecule has 1 N–H and O–H groups in total. The molecule has 1 aliphatic rings. The molecule has 0 bridgehead atoms. The number of sulfone groups is 1. The molecule has 26 heavy (non-hydrogen) atoms. The molecule has 3 rings (SSSR count). The average molecular weight is 393 g/mol. The zero-order valence-electron chi connectivity index (χ0n) is 14.5. The van der Waals surface area contributed by atoms with E-state index < -0.39 is 9.84 Å². The van der Waals surface area contributed by atoms with Crippen molar-refractivity contribution >= 4 is 33.0 Å². The van der Waals surface area contributed by atoms with Crippen LogP contribution in [0.1, 0.15) is 19.8 Å². The SMILES string of the molecule is CC(=O)N1CCC(Nc2ccccc2S(=O)(=O)c2ccc(Cl)cc2)CC1. The fraction of sp³-hybridized carbons (Fsp3) is 0.316. The highest BCUT2D eigenvalue weighted by Crippen LogP contribution is 2.29. The van der Waals surface area contributed by atoms with Gasteiger partial charge in [-0.15, -0.1) is 0 Å². The Morgan fingerprint density at radius 3 is 2.31 bits per heavy atom. The van der Waals surface area contributed by atoms with Crippen molar-refractivity contribution in [2.24, 2.45) is 0 Å². The minimum atomic E-state index is -3.65. The summed E-state index contributed by atoms with van der Waals surface area (Å²) < 4.78 is 26.0. The molecule has 7 heteroatoms. The minimum absolute atomic E-state index is 0.0779. The van der Waals surface area contributed by atoms with E-state index in [1.54, 1.807) is 37.3 Å². The van der Waals surface area contributed by atoms with Crippen LogP contribution in [0.5, 0.6) is 0 Å². The van der Waals surface area contributed by atoms with Gasteiger partial charge in [0.1, 0.15) is 0 Å². The zero-order chi connectivity index (χ0) is 18.7. The Morgan fingerprint density at radius 1 is 1.08 bits per heavy atom. The standard InChI is InChI=1S/C19H21ClN2O3S/c1-14(23)22-12-10-16(11-13-22)21-18-4-2-3-5-19(18)26(24,25)17-8-6-15(20)7-9-17/h2-9,16,21H,10-13H2,1H3. The Hall–Kier alpha value is -2.05. The first-order valence-electron chi connectivity index (χ1n) is 8.49. The smallest absolute Gasteiger partial charge is 0.219 e. The molecule has 0 atom stereocenters. The van der Waals surface area contributed by atoms with Crippen LogP contribution in [0.3, 0.4) is 0 Å². The number of carbonyl (C=O) groups excluding carboxylic acids is 1. The number of nitrogens with one attached hydrogen (secondary N) is 1. The van der Waals surface area contributed by atoms with Gasteiger partial charge in [-0.2, -0.15) is 0 Å². The summed E-state index contributed by atoms with van der Waals surface area (Å²) in [5, 5.41) is 3.85. The van der Waals surface area contributed by atoms with Crippen molar-refractivity contribution in [3.8, 4) is 0 Å². The normalized spacial score (nSPS) is 15.7. The summed E-state index contributed by atoms with van der Waals surface area (Å²) in [5.74, 6) is 0.0779. The lowest BCUT2D eigenvalue weighted by atomic mass is 10.0. The summed E-state index contributed by atoms with van der Waals surface area (Å²) in [6.07, 6.45) is 1.57. The molecule has 0 aliphatic carbocycles. The number of rotatable bonds is 4. The van der Waals surface area contributed by atoms with Crippen LogP contribution in [-0.2, 0) is 14.6 Å². The number of hydrogen-bond donors (Lipinski definition) is 1. The van der Waals surface area contributed by atoms with Gasteiger partial charge in [0.05, 0.1) is 15.5 Å². The largest absolute Gasteiger partial charge is 0.381 e. The van der Waals surface area contributed by atoms with Crippen molar-refractivity contribution in [3.63, 3.8) is 0 Å². The van der Waals surface area contributed by atoms with Crippen LogP contribution in [0, 0.1) is 0 Å². The highest BCUT2D eigenvalue weighted by Gasteiger charge is 2.25. The van der Waals surface area contributed by atoms with E-state index in [2.05, 4.69) is 5.32 Å². The number of hydrogen-bond acceptors (Lipinski definition) is 4. The van der Waals surface area contributed by atoms with Crippen LogP contribution in [0.2, 0.25) is 5.02 Å². The summed E-state index contributed by atoms with van der Waals surface area (Å²) in [6.45, 7) is 2.93. The molecule has 0 saturated carbocycles. The molecular weight excluding hydrogens is 372 g/mol. The first-order chi connectivity index (χ1) is 12.4. The molecule has 0 aromatic heterocycles. The molecule has 0 spiro atoms. The Balaban J connectivity index is 1.83. The van der Waals surface area contributed by atoms with Gasteiger partial charge in [-0.3, -0.25) is 4.79 Å². The van der Waals surface area contributed by atoms with Gasteiger partial charge in [-0.05, 0) is 49.2 Å². The summed E-state index contributed by atoms with van der Waals surface area (Å²) in [6, 6.07) is 13.2. The van der Waals surface area contributed by atoms with Gasteiger partial charge in [0, 0.05) is 31.1 Å². The number of nitrogens with zero attached hydrogens (tertiary/aromatic N) is 1. The maximum Gasteiger partial charge on any atom is 0.219 e. The minimum Gasteiger partial charge on any atom is -0.381 e. The van der Waals surface area contributed by atoms with Gasteiger partial charge in [0.15, 0.2) is 0 Å². The van der Waals surface area contributed by atoms with Crippen molar-refractivity contribution in [1.82, 2.24) is 4.90 Å². The van der Waals surface area contributed by atoms with E-state index in [1.807, 2.05) is 11.0 Å². The molecule has 1 saturated heterocycles. The van der Waals surface area contributed by atoms with Crippen molar-refractivity contribution in [3.05, 3.63) is 53.6 Å². The fourth-order valence-corrected chi connectivity index (χ4v) is 4.67. The van der Waals surface area contributed by atoms with Crippen molar-refractivity contribution in [2.75, 3.05) is 18.4 Å². The summed E-state index contributed by atoms with van der Waals surface area (Å²) in [4.78, 5) is 13.7. The molecule has 5 nitrogen and oxygen atoms in total. The number of halogens is 1. The molecule has 0 unspecified atom stereocenters. The Kier molecular flexibility index (Phi) is 5.53. The lowest BCUT2D eigenvalue weighted by Gasteiger charge is -2.32. The number of likely N-dealkylation sites (tertiary alicyclic amines) is 1. The van der Waals surface area contributed by atoms with Crippen molar-refractivity contribution < 1.29 is 13.2 Å². The topological polar surface area (TPSA) is 66.5 Å². The number of amides is 1. The van der Waals surface area contributed by atoms with Gasteiger partial charge in [-0.1, -0.05) is 23.7 Å². The van der Waals surface area contributed by atoms with Gasteiger partial charge >= 0.3 is 0 Å². The van der Waals surface area contributed by atoms with E-state index in [4.69, 9.17) is 11.6 Å². The Labute approximate surface area is 158 Å². The van der Waals surface area contributed by atoms with E-state index in [-0.39, 0.29) is 21.7 Å². The molecule has 1 fully saturated rings. The molecule has 1 amide bonds. The highest BCUT2D eigenvalue weighted by molar-refractivity contribution is 7.91. The maximum atomic E-state index is 13.0. The second kappa shape index (κ2) is 7.68. The predicted molar refractivity (Wildman–Crippen MR) is 102 cm³/mol. The van der Waals surface area contributed by atoms with E-state index in [0.717, 1.165) is 12.8 Å². The lowest BCUT2D eigenvalue weighted by molar-refractivity contribution is -0.129. The van der Waals surface area contributed by atoms with Crippen LogP contribution < -0.4 is 5.32 Å². The number of anilines is 1. The van der Waals surface area contributed by atoms with Gasteiger partial charge in [0.25, 0.3) is 0 Å². The zero-order valence-corrected chi connectivity index (χ0v) is 16.1. The quantitative estimate of drug-likeness (QED) is 0.863. The molecule has 0 radical (unpaired) electrons. The number of benzene rings is 2. The highest BCUT2D eigenvalue weighted by atomic mass is 35.5. The second-order valence-corrected chi connectivity index (χ2v) is 8.73. The van der Waals surface area contributed by atoms with Crippen molar-refractivity contribution in [2.45, 2.75) is 35.6 Å². The van der Waals surface area contributed by atoms with E-state index in [1.165, 1.54) is 12.1 Å². The second-order valence-electron chi connectivity index (χ2n) is 6.38. The maximum absolute atomic E-state index is 13.0. The summed E-state index contributed by atoms with van der Waals surface area (Å²) in [7, 11) is -3.65. The molecular formula is C19H21ClN2O3S. The third-order valence-corrected chi connectivity index (χ3v) is 6.68. The summed E-state index contributed by atoms with van der Waals surface area (Å²) >= 11 is 5.87. The van der Waals surface area contributed by atoms with Crippen LogP contribution in [0.4, 0.5) is 5.69 Å². The number of para-hydroxylation sites is 1. The van der Waals surface area contributed by atoms with E-state index in [0.29, 0.717) is 23.8 Å². The van der Waals surface area contributed by atoms with Crippen LogP contribution in [-0.4, -0.2) is 38.4 Å². The van der Waals surface area contributed by atoms with Crippen LogP contribution in [0.25, 0.3) is 0 Å². The van der Waals surface area contributed by atoms with E-state index in [9.17, 15) is 13.2 Å². The average Bonchev–Trinajstić information content (AvgIpc) is 2.63. The number of piperidine rings is 1. The molecule has 1 heterocycles. The third kappa shape index (κ3) is 4.02. The Morgan fingerprint density at radius 2 is 1.69 bits per heavy atom. The molecule has 138 valence electrons. The molecule has 1 aliphatic heterocycles. The fourth-order valence-electron chi connectivity index (χ4n) is 3.12. The van der Waals surface area contributed by atoms with Gasteiger partial charge in [-0.25, -0.2) is 8.42 Å². The number of carbonyl (C=O) groups is 1. The van der Waals surface area contributed by atoms with Crippen molar-refractivity contribution in [1.29, 1.82) is 0 Å². The monoisotopic (exact) mass is 392 g/mol. The third-order valence-electron chi connectivity index (χ3n) is 4.60. The molecule has 2 aromatic rings. The molecule has 2 aromatic carbocycles. The van der Waals surface area contributed by atoms with Gasteiger partial charge < -0.3 is 10.2 Å². The van der Waals surface area contributed by atoms with Crippen LogP contribution >= 0.6 is 11.6 Å². The van der Waals surface area contributed by atoms with Gasteiger partial charge in [0.2, 0.25) is 15.7 Å². The first-order valence-corrected chi connectivity index (χ1v) is 10.4. The van der Waals surface area contributed by atoms with Crippen LogP contribution in [0.15, 0.2) is 58.3 Å².